The van der Waals surface area contributed by atoms with Gasteiger partial charge in [-0.05, 0) is 37.3 Å². The monoisotopic (exact) mass is 479 g/mol. The summed E-state index contributed by atoms with van der Waals surface area (Å²) in [7, 11) is 0. The molecule has 8 heteroatoms. The number of pyridine rings is 1. The van der Waals surface area contributed by atoms with Crippen LogP contribution in [0.4, 0.5) is 5.13 Å². The van der Waals surface area contributed by atoms with Crippen molar-refractivity contribution < 1.29 is 14.3 Å². The minimum Gasteiger partial charge on any atom is -0.461 e. The van der Waals surface area contributed by atoms with Gasteiger partial charge in [-0.1, -0.05) is 66.2 Å². The number of carbonyl (C=O) groups excluding carboxylic acids is 2. The predicted octanol–water partition coefficient (Wildman–Crippen LogP) is 5.72. The number of amides is 1. The first-order chi connectivity index (χ1) is 16.0. The third-order valence-corrected chi connectivity index (χ3v) is 6.39. The van der Waals surface area contributed by atoms with Gasteiger partial charge in [-0.25, -0.2) is 14.8 Å². The van der Waals surface area contributed by atoms with Crippen molar-refractivity contribution in [2.45, 2.75) is 20.3 Å². The summed E-state index contributed by atoms with van der Waals surface area (Å²) in [6.07, 6.45) is 0.612. The normalized spacial score (nSPS) is 10.9. The first-order valence-corrected chi connectivity index (χ1v) is 11.7. The third-order valence-electron chi connectivity index (χ3n) is 5.11. The Labute approximate surface area is 200 Å². The lowest BCUT2D eigenvalue weighted by Crippen LogP contribution is -2.33. The maximum Gasteiger partial charge on any atom is 0.358 e. The highest BCUT2D eigenvalue weighted by atomic mass is 35.5. The molecule has 0 aliphatic carbocycles. The van der Waals surface area contributed by atoms with Crippen LogP contribution in [0, 0.1) is 6.92 Å². The number of ether oxygens (including phenoxy) is 1. The Hall–Kier alpha value is -3.29. The highest BCUT2D eigenvalue weighted by Gasteiger charge is 2.26. The fraction of sp³-hybridized carbons (Fsp3) is 0.200. The minimum atomic E-state index is -0.500. The number of halogens is 1. The minimum absolute atomic E-state index is 0.220. The second kappa shape index (κ2) is 10.1. The van der Waals surface area contributed by atoms with E-state index in [1.54, 1.807) is 24.8 Å². The van der Waals surface area contributed by atoms with Crippen molar-refractivity contribution in [3.63, 3.8) is 0 Å². The molecule has 4 rings (SSSR count). The van der Waals surface area contributed by atoms with Gasteiger partial charge >= 0.3 is 5.97 Å². The molecule has 0 aliphatic rings. The Kier molecular flexibility index (Phi) is 7.01. The van der Waals surface area contributed by atoms with Crippen LogP contribution in [0.2, 0.25) is 5.15 Å². The highest BCUT2D eigenvalue weighted by Crippen LogP contribution is 2.29. The van der Waals surface area contributed by atoms with Gasteiger partial charge < -0.3 is 4.74 Å². The lowest BCUT2D eigenvalue weighted by Gasteiger charge is -2.20. The Morgan fingerprint density at radius 3 is 2.55 bits per heavy atom. The summed E-state index contributed by atoms with van der Waals surface area (Å²) in [5.74, 6) is -0.831. The summed E-state index contributed by atoms with van der Waals surface area (Å²) in [6.45, 7) is 4.15. The van der Waals surface area contributed by atoms with Crippen LogP contribution in [-0.4, -0.2) is 35.0 Å². The molecule has 0 radical (unpaired) electrons. The van der Waals surface area contributed by atoms with Crippen LogP contribution in [-0.2, 0) is 11.2 Å². The molecule has 0 unspecified atom stereocenters. The molecule has 6 nitrogen and oxygen atoms in total. The molecule has 0 aliphatic heterocycles. The molecule has 2 heterocycles. The average molecular weight is 480 g/mol. The summed E-state index contributed by atoms with van der Waals surface area (Å²) in [6, 6.07) is 19.1. The third kappa shape index (κ3) is 5.05. The van der Waals surface area contributed by atoms with E-state index in [0.717, 1.165) is 16.3 Å². The molecule has 0 fully saturated rings. The lowest BCUT2D eigenvalue weighted by atomic mass is 10.1. The quantitative estimate of drug-likeness (QED) is 0.250. The van der Waals surface area contributed by atoms with Crippen molar-refractivity contribution in [2.75, 3.05) is 18.1 Å². The van der Waals surface area contributed by atoms with Crippen molar-refractivity contribution in [1.29, 1.82) is 0 Å². The number of fused-ring (bicyclic) bond motifs is 1. The van der Waals surface area contributed by atoms with E-state index in [1.807, 2.05) is 54.6 Å². The van der Waals surface area contributed by atoms with Crippen LogP contribution in [0.3, 0.4) is 0 Å². The van der Waals surface area contributed by atoms with E-state index in [2.05, 4.69) is 9.97 Å². The molecule has 168 valence electrons. The summed E-state index contributed by atoms with van der Waals surface area (Å²) < 4.78 is 5.11. The molecule has 33 heavy (non-hydrogen) atoms. The second-order valence-corrected chi connectivity index (χ2v) is 8.87. The van der Waals surface area contributed by atoms with Crippen molar-refractivity contribution in [3.8, 4) is 0 Å². The van der Waals surface area contributed by atoms with E-state index in [-0.39, 0.29) is 29.1 Å². The molecular weight excluding hydrogens is 458 g/mol. The molecule has 4 aromatic rings. The topological polar surface area (TPSA) is 72.4 Å². The standard InChI is InChI=1S/C25H22ClN3O3S/c1-3-32-24(31)21-16(2)33-25(28-21)29(14-13-17-9-5-4-6-10-17)23(30)20-15-18-11-7-8-12-19(18)22(26)27-20/h4-12,15H,3,13-14H2,1-2H3. The maximum absolute atomic E-state index is 13.6. The van der Waals surface area contributed by atoms with Crippen LogP contribution < -0.4 is 4.90 Å². The number of rotatable bonds is 7. The first kappa shape index (κ1) is 22.9. The number of hydrogen-bond acceptors (Lipinski definition) is 6. The smallest absolute Gasteiger partial charge is 0.358 e. The average Bonchev–Trinajstić information content (AvgIpc) is 3.21. The van der Waals surface area contributed by atoms with Gasteiger partial charge in [-0.3, -0.25) is 9.69 Å². The van der Waals surface area contributed by atoms with Gasteiger partial charge in [0.2, 0.25) is 0 Å². The van der Waals surface area contributed by atoms with Crippen LogP contribution >= 0.6 is 22.9 Å². The van der Waals surface area contributed by atoms with Crippen molar-refractivity contribution >= 4 is 50.7 Å². The van der Waals surface area contributed by atoms with Gasteiger partial charge in [0.1, 0.15) is 10.8 Å². The SMILES string of the molecule is CCOC(=O)c1nc(N(CCc2ccccc2)C(=O)c2cc3ccccc3c(Cl)n2)sc1C. The zero-order valence-electron chi connectivity index (χ0n) is 18.2. The summed E-state index contributed by atoms with van der Waals surface area (Å²) >= 11 is 7.65. The lowest BCUT2D eigenvalue weighted by molar-refractivity contribution is 0.0519. The van der Waals surface area contributed by atoms with Crippen molar-refractivity contribution in [1.82, 2.24) is 9.97 Å². The predicted molar refractivity (Wildman–Crippen MR) is 131 cm³/mol. The zero-order valence-corrected chi connectivity index (χ0v) is 19.8. The Morgan fingerprint density at radius 2 is 1.79 bits per heavy atom. The molecule has 0 spiro atoms. The number of esters is 1. The van der Waals surface area contributed by atoms with E-state index in [1.165, 1.54) is 11.3 Å². The van der Waals surface area contributed by atoms with Crippen molar-refractivity contribution in [3.05, 3.63) is 87.6 Å². The molecule has 0 bridgehead atoms. The van der Waals surface area contributed by atoms with Gasteiger partial charge in [-0.15, -0.1) is 11.3 Å². The van der Waals surface area contributed by atoms with E-state index < -0.39 is 5.97 Å². The van der Waals surface area contributed by atoms with Gasteiger partial charge in [0.05, 0.1) is 6.61 Å². The number of aromatic nitrogens is 2. The molecule has 0 saturated heterocycles. The number of carbonyl (C=O) groups is 2. The number of aryl methyl sites for hydroxylation is 1. The molecular formula is C25H22ClN3O3S. The van der Waals surface area contributed by atoms with Gasteiger partial charge in [0, 0.05) is 16.8 Å². The second-order valence-electron chi connectivity index (χ2n) is 7.33. The first-order valence-electron chi connectivity index (χ1n) is 10.5. The van der Waals surface area contributed by atoms with E-state index in [4.69, 9.17) is 16.3 Å². The van der Waals surface area contributed by atoms with Crippen molar-refractivity contribution in [2.24, 2.45) is 0 Å². The number of benzene rings is 2. The molecule has 0 atom stereocenters. The van der Waals surface area contributed by atoms with E-state index >= 15 is 0 Å². The molecule has 0 saturated carbocycles. The van der Waals surface area contributed by atoms with E-state index in [9.17, 15) is 9.59 Å². The molecule has 0 N–H and O–H groups in total. The van der Waals surface area contributed by atoms with Gasteiger partial charge in [-0.2, -0.15) is 0 Å². The Balaban J connectivity index is 1.72. The maximum atomic E-state index is 13.6. The van der Waals surface area contributed by atoms with E-state index in [0.29, 0.717) is 23.0 Å². The zero-order chi connectivity index (χ0) is 23.4. The Morgan fingerprint density at radius 1 is 1.06 bits per heavy atom. The highest BCUT2D eigenvalue weighted by molar-refractivity contribution is 7.16. The number of nitrogens with zero attached hydrogens (tertiary/aromatic N) is 3. The number of thiazole rings is 1. The molecule has 2 aromatic carbocycles. The molecule has 2 aromatic heterocycles. The van der Waals surface area contributed by atoms with Crippen LogP contribution in [0.5, 0.6) is 0 Å². The van der Waals surface area contributed by atoms with Crippen LogP contribution in [0.1, 0.15) is 38.3 Å². The fourth-order valence-corrected chi connectivity index (χ4v) is 4.64. The van der Waals surface area contributed by atoms with Crippen LogP contribution in [0.25, 0.3) is 10.8 Å². The van der Waals surface area contributed by atoms with Crippen LogP contribution in [0.15, 0.2) is 60.7 Å². The van der Waals surface area contributed by atoms with Gasteiger partial charge in [0.15, 0.2) is 10.8 Å². The molecule has 1 amide bonds. The van der Waals surface area contributed by atoms with Gasteiger partial charge in [0.25, 0.3) is 5.91 Å². The fourth-order valence-electron chi connectivity index (χ4n) is 3.46. The summed E-state index contributed by atoms with van der Waals surface area (Å²) in [4.78, 5) is 37.0. The largest absolute Gasteiger partial charge is 0.461 e. The Bertz CT molecular complexity index is 1310. The summed E-state index contributed by atoms with van der Waals surface area (Å²) in [5.41, 5.74) is 1.52. The number of hydrogen-bond donors (Lipinski definition) is 0. The number of anilines is 1. The summed E-state index contributed by atoms with van der Waals surface area (Å²) in [5, 5.41) is 2.29.